The van der Waals surface area contributed by atoms with Gasteiger partial charge in [0.1, 0.15) is 11.7 Å². The molecule has 0 bridgehead atoms. The highest BCUT2D eigenvalue weighted by molar-refractivity contribution is 7.22. The van der Waals surface area contributed by atoms with Crippen molar-refractivity contribution in [1.82, 2.24) is 0 Å². The number of hydrogen-bond acceptors (Lipinski definition) is 1. The Hall–Kier alpha value is -1.45. The fraction of sp³-hybridized carbons (Fsp3) is 0.381. The number of hydrogen-bond donors (Lipinski definition) is 0. The largest absolute Gasteiger partial charge is 0.204 e. The first-order chi connectivity index (χ1) is 11.1. The van der Waals surface area contributed by atoms with E-state index in [9.17, 15) is 0 Å². The van der Waals surface area contributed by atoms with Crippen LogP contribution in [0.15, 0.2) is 42.6 Å². The SMILES string of the molecule is C[n+]1ccc2cc(-c3ccc([Si](C)(C)C)cc3)sc2c1C(C)(C)C. The van der Waals surface area contributed by atoms with Crippen LogP contribution in [0.3, 0.4) is 0 Å². The molecule has 0 aliphatic rings. The van der Waals surface area contributed by atoms with Crippen molar-refractivity contribution in [3.8, 4) is 10.4 Å². The van der Waals surface area contributed by atoms with Crippen molar-refractivity contribution in [2.45, 2.75) is 45.8 Å². The van der Waals surface area contributed by atoms with E-state index in [1.54, 1.807) is 0 Å². The molecular weight excluding hydrogens is 326 g/mol. The standard InChI is InChI=1S/C21H28NSSi/c1-21(2,3)20-19-16(12-13-22(20)4)14-18(23-19)15-8-10-17(11-9-15)24(5,6)7/h8-14H,1-7H3/q+1. The number of nitrogens with zero attached hydrogens (tertiary/aromatic N) is 1. The maximum Gasteiger partial charge on any atom is 0.204 e. The molecule has 2 heterocycles. The average molecular weight is 355 g/mol. The van der Waals surface area contributed by atoms with Gasteiger partial charge in [0.25, 0.3) is 0 Å². The van der Waals surface area contributed by atoms with Crippen LogP contribution in [0.1, 0.15) is 26.5 Å². The Labute approximate surface area is 151 Å². The minimum absolute atomic E-state index is 0.137. The fourth-order valence-corrected chi connectivity index (χ4v) is 5.91. The van der Waals surface area contributed by atoms with Crippen LogP contribution in [0.5, 0.6) is 0 Å². The first-order valence-electron chi connectivity index (χ1n) is 8.61. The maximum atomic E-state index is 2.40. The lowest BCUT2D eigenvalue weighted by Gasteiger charge is -2.16. The lowest BCUT2D eigenvalue weighted by molar-refractivity contribution is -0.680. The number of pyridine rings is 1. The van der Waals surface area contributed by atoms with E-state index in [4.69, 9.17) is 0 Å². The first-order valence-corrected chi connectivity index (χ1v) is 12.9. The number of thiophene rings is 1. The zero-order valence-corrected chi connectivity index (χ0v) is 17.7. The van der Waals surface area contributed by atoms with E-state index < -0.39 is 8.07 Å². The van der Waals surface area contributed by atoms with Crippen LogP contribution in [-0.2, 0) is 12.5 Å². The first kappa shape index (κ1) is 17.4. The number of fused-ring (bicyclic) bond motifs is 1. The summed E-state index contributed by atoms with van der Waals surface area (Å²) in [6.45, 7) is 14.1. The molecule has 3 rings (SSSR count). The molecule has 0 aliphatic heterocycles. The van der Waals surface area contributed by atoms with E-state index in [0.29, 0.717) is 0 Å². The van der Waals surface area contributed by atoms with Gasteiger partial charge in [-0.2, -0.15) is 0 Å². The number of aromatic nitrogens is 1. The van der Waals surface area contributed by atoms with E-state index in [0.717, 1.165) is 0 Å². The van der Waals surface area contributed by atoms with Gasteiger partial charge >= 0.3 is 0 Å². The van der Waals surface area contributed by atoms with Gasteiger partial charge < -0.3 is 0 Å². The normalized spacial score (nSPS) is 12.8. The van der Waals surface area contributed by atoms with Gasteiger partial charge in [-0.05, 0) is 11.6 Å². The zero-order chi connectivity index (χ0) is 17.7. The lowest BCUT2D eigenvalue weighted by atomic mass is 9.90. The second-order valence-electron chi connectivity index (χ2n) is 8.75. The van der Waals surface area contributed by atoms with Crippen molar-refractivity contribution < 1.29 is 4.57 Å². The van der Waals surface area contributed by atoms with E-state index in [1.807, 2.05) is 11.3 Å². The predicted octanol–water partition coefficient (Wildman–Crippen LogP) is 5.24. The van der Waals surface area contributed by atoms with Crippen LogP contribution in [-0.4, -0.2) is 8.07 Å². The molecule has 0 amide bonds. The third kappa shape index (κ3) is 3.20. The molecule has 0 N–H and O–H groups in total. The van der Waals surface area contributed by atoms with Crippen molar-refractivity contribution in [2.24, 2.45) is 7.05 Å². The molecule has 1 nitrogen and oxygen atoms in total. The Balaban J connectivity index is 2.12. The van der Waals surface area contributed by atoms with Gasteiger partial charge in [0.15, 0.2) is 6.20 Å². The highest BCUT2D eigenvalue weighted by atomic mass is 32.1. The van der Waals surface area contributed by atoms with E-state index >= 15 is 0 Å². The zero-order valence-electron chi connectivity index (χ0n) is 15.9. The summed E-state index contributed by atoms with van der Waals surface area (Å²) in [5.41, 5.74) is 2.88. The van der Waals surface area contributed by atoms with Crippen molar-refractivity contribution in [2.75, 3.05) is 0 Å². The Morgan fingerprint density at radius 2 is 1.58 bits per heavy atom. The molecule has 2 aromatic heterocycles. The van der Waals surface area contributed by atoms with Crippen LogP contribution in [0.4, 0.5) is 0 Å². The van der Waals surface area contributed by atoms with Crippen molar-refractivity contribution in [1.29, 1.82) is 0 Å². The Morgan fingerprint density at radius 3 is 2.12 bits per heavy atom. The highest BCUT2D eigenvalue weighted by Gasteiger charge is 2.28. The molecule has 0 saturated heterocycles. The topological polar surface area (TPSA) is 3.88 Å². The molecule has 0 radical (unpaired) electrons. The maximum absolute atomic E-state index is 2.40. The van der Waals surface area contributed by atoms with Gasteiger partial charge in [0.2, 0.25) is 5.69 Å². The molecule has 24 heavy (non-hydrogen) atoms. The van der Waals surface area contributed by atoms with Crippen LogP contribution in [0.25, 0.3) is 20.5 Å². The smallest absolute Gasteiger partial charge is 0.203 e. The molecule has 1 aromatic carbocycles. The second kappa shape index (κ2) is 5.82. The summed E-state index contributed by atoms with van der Waals surface area (Å²) in [6.07, 6.45) is 2.19. The van der Waals surface area contributed by atoms with Crippen LogP contribution < -0.4 is 9.75 Å². The van der Waals surface area contributed by atoms with Gasteiger partial charge in [0, 0.05) is 21.7 Å². The third-order valence-corrected chi connectivity index (χ3v) is 7.82. The average Bonchev–Trinajstić information content (AvgIpc) is 2.88. The lowest BCUT2D eigenvalue weighted by Crippen LogP contribution is -2.39. The molecule has 0 fully saturated rings. The molecule has 0 unspecified atom stereocenters. The molecule has 126 valence electrons. The Bertz CT molecular complexity index is 877. The summed E-state index contributed by atoms with van der Waals surface area (Å²) in [6, 6.07) is 13.8. The fourth-order valence-electron chi connectivity index (χ4n) is 3.29. The number of aryl methyl sites for hydroxylation is 1. The third-order valence-electron chi connectivity index (χ3n) is 4.55. The van der Waals surface area contributed by atoms with Crippen molar-refractivity contribution in [3.63, 3.8) is 0 Å². The molecule has 0 aliphatic carbocycles. The molecule has 3 heteroatoms. The summed E-state index contributed by atoms with van der Waals surface area (Å²) >= 11 is 1.92. The van der Waals surface area contributed by atoms with Gasteiger partial charge in [-0.25, -0.2) is 4.57 Å². The number of benzene rings is 1. The molecule has 3 aromatic rings. The molecule has 0 saturated carbocycles. The Kier molecular flexibility index (Phi) is 4.21. The minimum atomic E-state index is -1.23. The van der Waals surface area contributed by atoms with Gasteiger partial charge in [-0.15, -0.1) is 11.3 Å². The Morgan fingerprint density at radius 1 is 0.958 bits per heavy atom. The highest BCUT2D eigenvalue weighted by Crippen LogP contribution is 2.37. The van der Waals surface area contributed by atoms with Gasteiger partial charge in [-0.1, -0.05) is 69.9 Å². The van der Waals surface area contributed by atoms with Gasteiger partial charge in [-0.3, -0.25) is 0 Å². The van der Waals surface area contributed by atoms with E-state index in [-0.39, 0.29) is 5.41 Å². The van der Waals surface area contributed by atoms with Crippen LogP contribution in [0.2, 0.25) is 19.6 Å². The summed E-state index contributed by atoms with van der Waals surface area (Å²) in [7, 11) is 0.925. The van der Waals surface area contributed by atoms with Gasteiger partial charge in [0.05, 0.1) is 8.07 Å². The molecule has 0 spiro atoms. The monoisotopic (exact) mass is 354 g/mol. The summed E-state index contributed by atoms with van der Waals surface area (Å²) in [4.78, 5) is 1.36. The molecular formula is C21H28NSSi+. The second-order valence-corrected chi connectivity index (χ2v) is 14.9. The summed E-state index contributed by atoms with van der Waals surface area (Å²) in [5, 5.41) is 2.88. The van der Waals surface area contributed by atoms with Crippen molar-refractivity contribution in [3.05, 3.63) is 48.3 Å². The van der Waals surface area contributed by atoms with Crippen LogP contribution >= 0.6 is 11.3 Å². The van der Waals surface area contributed by atoms with E-state index in [1.165, 1.54) is 31.4 Å². The minimum Gasteiger partial charge on any atom is -0.203 e. The summed E-state index contributed by atoms with van der Waals surface area (Å²) in [5.74, 6) is 0. The van der Waals surface area contributed by atoms with E-state index in [2.05, 4.69) is 94.6 Å². The predicted molar refractivity (Wildman–Crippen MR) is 110 cm³/mol. The number of rotatable bonds is 2. The van der Waals surface area contributed by atoms with Crippen molar-refractivity contribution >= 4 is 34.7 Å². The summed E-state index contributed by atoms with van der Waals surface area (Å²) < 4.78 is 3.69. The van der Waals surface area contributed by atoms with Crippen LogP contribution in [0, 0.1) is 0 Å². The quantitative estimate of drug-likeness (QED) is 0.438. The molecule has 0 atom stereocenters.